The minimum Gasteiger partial charge on any atom is -0.493 e. The van der Waals surface area contributed by atoms with E-state index in [1.165, 1.54) is 11.3 Å². The van der Waals surface area contributed by atoms with Crippen LogP contribution >= 0.6 is 11.3 Å². The van der Waals surface area contributed by atoms with Crippen LogP contribution in [-0.4, -0.2) is 36.4 Å². The zero-order valence-corrected chi connectivity index (χ0v) is 15.8. The number of amides is 1. The summed E-state index contributed by atoms with van der Waals surface area (Å²) in [6.07, 6.45) is 2.98. The lowest BCUT2D eigenvalue weighted by molar-refractivity contribution is -0.116. The summed E-state index contributed by atoms with van der Waals surface area (Å²) in [5.74, 6) is 1.29. The van der Waals surface area contributed by atoms with Crippen molar-refractivity contribution in [2.75, 3.05) is 25.6 Å². The van der Waals surface area contributed by atoms with Gasteiger partial charge >= 0.3 is 0 Å². The van der Waals surface area contributed by atoms with E-state index in [1.807, 2.05) is 25.1 Å². The van der Waals surface area contributed by atoms with Crippen LogP contribution in [0, 0.1) is 0 Å². The second-order valence-corrected chi connectivity index (χ2v) is 6.92. The summed E-state index contributed by atoms with van der Waals surface area (Å²) in [6.45, 7) is 3.26. The van der Waals surface area contributed by atoms with Crippen LogP contribution in [0.25, 0.3) is 0 Å². The molecule has 0 aliphatic carbocycles. The molecule has 1 aliphatic rings. The maximum atomic E-state index is 12.2. The van der Waals surface area contributed by atoms with Gasteiger partial charge in [0.05, 0.1) is 13.7 Å². The van der Waals surface area contributed by atoms with E-state index in [0.29, 0.717) is 36.1 Å². The molecule has 1 unspecified atom stereocenters. The van der Waals surface area contributed by atoms with Gasteiger partial charge in [-0.1, -0.05) is 17.4 Å². The minimum absolute atomic E-state index is 0.0227. The number of hydrogen-bond donors (Lipinski definition) is 1. The Kier molecular flexibility index (Phi) is 6.40. The van der Waals surface area contributed by atoms with Gasteiger partial charge in [0, 0.05) is 13.0 Å². The molecule has 2 aromatic rings. The Bertz CT molecular complexity index is 744. The first kappa shape index (κ1) is 18.6. The van der Waals surface area contributed by atoms with E-state index in [9.17, 15) is 4.79 Å². The van der Waals surface area contributed by atoms with Gasteiger partial charge in [0.2, 0.25) is 11.0 Å². The predicted octanol–water partition coefficient (Wildman–Crippen LogP) is 3.37. The molecule has 1 fully saturated rings. The summed E-state index contributed by atoms with van der Waals surface area (Å²) in [5, 5.41) is 12.3. The second kappa shape index (κ2) is 8.95. The van der Waals surface area contributed by atoms with Gasteiger partial charge in [-0.05, 0) is 43.9 Å². The Labute approximate surface area is 156 Å². The van der Waals surface area contributed by atoms with Gasteiger partial charge in [0.15, 0.2) is 11.5 Å². The Morgan fingerprint density at radius 1 is 1.38 bits per heavy atom. The Morgan fingerprint density at radius 3 is 3.00 bits per heavy atom. The number of nitrogens with one attached hydrogen (secondary N) is 1. The third kappa shape index (κ3) is 4.70. The molecule has 1 N–H and O–H groups in total. The molecule has 3 rings (SSSR count). The topological polar surface area (TPSA) is 82.6 Å². The zero-order chi connectivity index (χ0) is 18.4. The molecule has 1 atom stereocenters. The Morgan fingerprint density at radius 2 is 2.27 bits per heavy atom. The lowest BCUT2D eigenvalue weighted by Crippen LogP contribution is -2.12. The number of anilines is 1. The van der Waals surface area contributed by atoms with E-state index in [1.54, 1.807) is 7.11 Å². The number of methoxy groups -OCH3 is 1. The van der Waals surface area contributed by atoms with Crippen molar-refractivity contribution in [3.63, 3.8) is 0 Å². The molecule has 0 spiro atoms. The highest BCUT2D eigenvalue weighted by atomic mass is 32.1. The number of aryl methyl sites for hydroxylation is 1. The first-order valence-electron chi connectivity index (χ1n) is 8.74. The van der Waals surface area contributed by atoms with Crippen LogP contribution in [0.4, 0.5) is 5.13 Å². The fraction of sp³-hybridized carbons (Fsp3) is 0.500. The molecular formula is C18H23N3O4S. The van der Waals surface area contributed by atoms with Gasteiger partial charge in [-0.2, -0.15) is 0 Å². The van der Waals surface area contributed by atoms with Gasteiger partial charge in [-0.15, -0.1) is 10.2 Å². The zero-order valence-electron chi connectivity index (χ0n) is 15.0. The molecule has 2 heterocycles. The minimum atomic E-state index is -0.0899. The number of aromatic nitrogens is 2. The maximum Gasteiger partial charge on any atom is 0.226 e. The summed E-state index contributed by atoms with van der Waals surface area (Å²) in [5.41, 5.74) is 1.01. The van der Waals surface area contributed by atoms with Crippen LogP contribution in [0.3, 0.4) is 0 Å². The van der Waals surface area contributed by atoms with Crippen molar-refractivity contribution >= 4 is 22.4 Å². The first-order valence-corrected chi connectivity index (χ1v) is 9.55. The van der Waals surface area contributed by atoms with E-state index in [-0.39, 0.29) is 12.0 Å². The van der Waals surface area contributed by atoms with Crippen molar-refractivity contribution in [3.8, 4) is 11.5 Å². The fourth-order valence-electron chi connectivity index (χ4n) is 2.77. The number of hydrogen-bond acceptors (Lipinski definition) is 7. The average Bonchev–Trinajstić information content (AvgIpc) is 3.32. The van der Waals surface area contributed by atoms with Crippen molar-refractivity contribution in [1.29, 1.82) is 0 Å². The van der Waals surface area contributed by atoms with Crippen LogP contribution in [0.5, 0.6) is 11.5 Å². The molecule has 1 amide bonds. The summed E-state index contributed by atoms with van der Waals surface area (Å²) in [7, 11) is 1.61. The number of nitrogens with zero attached hydrogens (tertiary/aromatic N) is 2. The molecule has 1 saturated heterocycles. The van der Waals surface area contributed by atoms with Gasteiger partial charge in [0.25, 0.3) is 0 Å². The highest BCUT2D eigenvalue weighted by Gasteiger charge is 2.22. The van der Waals surface area contributed by atoms with Crippen molar-refractivity contribution in [1.82, 2.24) is 10.2 Å². The third-order valence-corrected chi connectivity index (χ3v) is 4.99. The summed E-state index contributed by atoms with van der Waals surface area (Å²) in [6, 6.07) is 5.72. The monoisotopic (exact) mass is 377 g/mol. The van der Waals surface area contributed by atoms with Crippen molar-refractivity contribution in [2.24, 2.45) is 0 Å². The third-order valence-electron chi connectivity index (χ3n) is 4.06. The molecule has 8 heteroatoms. The number of carbonyl (C=O) groups excluding carboxylic acids is 1. The van der Waals surface area contributed by atoms with Gasteiger partial charge in [-0.25, -0.2) is 0 Å². The van der Waals surface area contributed by atoms with E-state index >= 15 is 0 Å². The van der Waals surface area contributed by atoms with E-state index in [0.717, 1.165) is 30.0 Å². The summed E-state index contributed by atoms with van der Waals surface area (Å²) < 4.78 is 16.4. The molecule has 0 radical (unpaired) electrons. The largest absolute Gasteiger partial charge is 0.493 e. The normalized spacial score (nSPS) is 16.5. The molecule has 0 saturated carbocycles. The quantitative estimate of drug-likeness (QED) is 0.759. The number of rotatable bonds is 8. The average molecular weight is 377 g/mol. The lowest BCUT2D eigenvalue weighted by Gasteiger charge is -2.10. The van der Waals surface area contributed by atoms with Crippen molar-refractivity contribution < 1.29 is 19.0 Å². The Balaban J connectivity index is 1.52. The van der Waals surface area contributed by atoms with Crippen LogP contribution in [0.2, 0.25) is 0 Å². The van der Waals surface area contributed by atoms with Crippen LogP contribution < -0.4 is 14.8 Å². The van der Waals surface area contributed by atoms with E-state index < -0.39 is 0 Å². The molecule has 1 aliphatic heterocycles. The Hall–Kier alpha value is -2.19. The molecule has 1 aromatic heterocycles. The van der Waals surface area contributed by atoms with Gasteiger partial charge in [0.1, 0.15) is 11.1 Å². The molecule has 0 bridgehead atoms. The van der Waals surface area contributed by atoms with Crippen molar-refractivity contribution in [3.05, 3.63) is 28.8 Å². The fourth-order valence-corrected chi connectivity index (χ4v) is 3.61. The first-order chi connectivity index (χ1) is 12.7. The standard InChI is InChI=1S/C18H23N3O4S/c1-3-24-13-8-6-12(11-15(13)23-2)7-9-16(22)19-18-21-20-17(26-18)14-5-4-10-25-14/h6,8,11,14H,3-5,7,9-10H2,1-2H3,(H,19,21,22). The van der Waals surface area contributed by atoms with Gasteiger partial charge in [-0.3, -0.25) is 4.79 Å². The maximum absolute atomic E-state index is 12.2. The second-order valence-electron chi connectivity index (χ2n) is 5.91. The van der Waals surface area contributed by atoms with Crippen LogP contribution in [0.1, 0.15) is 42.9 Å². The molecule has 7 nitrogen and oxygen atoms in total. The smallest absolute Gasteiger partial charge is 0.226 e. The lowest BCUT2D eigenvalue weighted by atomic mass is 10.1. The predicted molar refractivity (Wildman–Crippen MR) is 98.9 cm³/mol. The summed E-state index contributed by atoms with van der Waals surface area (Å²) >= 11 is 1.38. The van der Waals surface area contributed by atoms with Gasteiger partial charge < -0.3 is 19.5 Å². The highest BCUT2D eigenvalue weighted by molar-refractivity contribution is 7.15. The van der Waals surface area contributed by atoms with E-state index in [4.69, 9.17) is 14.2 Å². The van der Waals surface area contributed by atoms with Crippen LogP contribution in [-0.2, 0) is 16.0 Å². The molecular weight excluding hydrogens is 354 g/mol. The SMILES string of the molecule is CCOc1ccc(CCC(=O)Nc2nnc(C3CCCO3)s2)cc1OC. The van der Waals surface area contributed by atoms with Crippen molar-refractivity contribution in [2.45, 2.75) is 38.7 Å². The summed E-state index contributed by atoms with van der Waals surface area (Å²) in [4.78, 5) is 12.2. The molecule has 1 aromatic carbocycles. The number of ether oxygens (including phenoxy) is 3. The number of carbonyl (C=O) groups is 1. The molecule has 140 valence electrons. The van der Waals surface area contributed by atoms with E-state index in [2.05, 4.69) is 15.5 Å². The molecule has 26 heavy (non-hydrogen) atoms. The highest BCUT2D eigenvalue weighted by Crippen LogP contribution is 2.32. The van der Waals surface area contributed by atoms with Crippen LogP contribution in [0.15, 0.2) is 18.2 Å². The number of benzene rings is 1.